The summed E-state index contributed by atoms with van der Waals surface area (Å²) in [5.41, 5.74) is 0.275. The van der Waals surface area contributed by atoms with E-state index in [1.165, 1.54) is 12.1 Å². The number of amides is 1. The van der Waals surface area contributed by atoms with Crippen molar-refractivity contribution in [3.63, 3.8) is 0 Å². The van der Waals surface area contributed by atoms with Gasteiger partial charge in [0.25, 0.3) is 0 Å². The molecule has 0 saturated heterocycles. The van der Waals surface area contributed by atoms with Crippen molar-refractivity contribution in [3.8, 4) is 6.07 Å². The third kappa shape index (κ3) is 3.33. The third-order valence-corrected chi connectivity index (χ3v) is 1.81. The predicted molar refractivity (Wildman–Crippen MR) is 56.2 cm³/mol. The normalized spacial score (nSPS) is 9.56. The maximum absolute atomic E-state index is 13.0. The number of carbonyl (C=O) groups excluding carboxylic acids is 1. The zero-order chi connectivity index (χ0) is 12.0. The summed E-state index contributed by atoms with van der Waals surface area (Å²) in [6, 6.07) is 5.49. The molecule has 0 aliphatic rings. The molecule has 1 rings (SSSR count). The molecule has 1 N–H and O–H groups in total. The van der Waals surface area contributed by atoms with Crippen LogP contribution in [0.4, 0.5) is 10.1 Å². The highest BCUT2D eigenvalue weighted by atomic mass is 19.1. The van der Waals surface area contributed by atoms with Gasteiger partial charge in [-0.2, -0.15) is 5.26 Å². The van der Waals surface area contributed by atoms with Crippen molar-refractivity contribution in [2.24, 2.45) is 0 Å². The van der Waals surface area contributed by atoms with Gasteiger partial charge in [-0.3, -0.25) is 4.79 Å². The van der Waals surface area contributed by atoms with Crippen LogP contribution in [0.25, 0.3) is 0 Å². The summed E-state index contributed by atoms with van der Waals surface area (Å²) in [7, 11) is 0. The number of anilines is 1. The average molecular weight is 222 g/mol. The van der Waals surface area contributed by atoms with Crippen LogP contribution in [0.1, 0.15) is 12.5 Å². The summed E-state index contributed by atoms with van der Waals surface area (Å²) in [6.45, 7) is 2.16. The second-order valence-electron chi connectivity index (χ2n) is 2.99. The molecular weight excluding hydrogens is 211 g/mol. The molecule has 0 aliphatic heterocycles. The van der Waals surface area contributed by atoms with Crippen molar-refractivity contribution in [2.75, 3.05) is 18.5 Å². The number of nitrogens with zero attached hydrogens (tertiary/aromatic N) is 1. The summed E-state index contributed by atoms with van der Waals surface area (Å²) in [5.74, 6) is -0.942. The van der Waals surface area contributed by atoms with Gasteiger partial charge in [0.1, 0.15) is 18.5 Å². The Morgan fingerprint density at radius 2 is 2.38 bits per heavy atom. The highest BCUT2D eigenvalue weighted by molar-refractivity contribution is 5.91. The molecule has 0 fully saturated rings. The van der Waals surface area contributed by atoms with Gasteiger partial charge in [-0.15, -0.1) is 0 Å². The van der Waals surface area contributed by atoms with Crippen LogP contribution in [-0.4, -0.2) is 19.1 Å². The van der Waals surface area contributed by atoms with Crippen LogP contribution in [-0.2, 0) is 9.53 Å². The Morgan fingerprint density at radius 3 is 3.00 bits per heavy atom. The zero-order valence-electron chi connectivity index (χ0n) is 8.79. The first-order valence-corrected chi connectivity index (χ1v) is 4.74. The minimum Gasteiger partial charge on any atom is -0.372 e. The summed E-state index contributed by atoms with van der Waals surface area (Å²) in [6.07, 6.45) is 0. The Balaban J connectivity index is 2.68. The van der Waals surface area contributed by atoms with E-state index >= 15 is 0 Å². The molecule has 4 nitrogen and oxygen atoms in total. The Bertz CT molecular complexity index is 426. The fourth-order valence-electron chi connectivity index (χ4n) is 1.08. The number of ether oxygens (including phenoxy) is 1. The molecule has 1 aromatic rings. The standard InChI is InChI=1S/C11H11FN2O2/c1-2-16-7-11(15)14-9-3-4-10(12)8(5-9)6-13/h3-5H,2,7H2,1H3,(H,14,15). The van der Waals surface area contributed by atoms with Crippen molar-refractivity contribution in [2.45, 2.75) is 6.92 Å². The van der Waals surface area contributed by atoms with Gasteiger partial charge in [-0.05, 0) is 25.1 Å². The second-order valence-corrected chi connectivity index (χ2v) is 2.99. The van der Waals surface area contributed by atoms with Gasteiger partial charge in [0.2, 0.25) is 5.91 Å². The lowest BCUT2D eigenvalue weighted by atomic mass is 10.2. The molecule has 1 aromatic carbocycles. The molecule has 0 aromatic heterocycles. The van der Waals surface area contributed by atoms with Gasteiger partial charge in [0.15, 0.2) is 0 Å². The van der Waals surface area contributed by atoms with E-state index < -0.39 is 5.82 Å². The molecule has 0 aliphatic carbocycles. The quantitative estimate of drug-likeness (QED) is 0.842. The molecule has 0 bridgehead atoms. The van der Waals surface area contributed by atoms with Gasteiger partial charge in [-0.25, -0.2) is 4.39 Å². The monoisotopic (exact) mass is 222 g/mol. The largest absolute Gasteiger partial charge is 0.372 e. The van der Waals surface area contributed by atoms with Gasteiger partial charge >= 0.3 is 0 Å². The molecule has 0 saturated carbocycles. The Labute approximate surface area is 92.6 Å². The molecule has 84 valence electrons. The van der Waals surface area contributed by atoms with Crippen molar-refractivity contribution >= 4 is 11.6 Å². The van der Waals surface area contributed by atoms with Crippen molar-refractivity contribution < 1.29 is 13.9 Å². The van der Waals surface area contributed by atoms with Crippen LogP contribution in [0, 0.1) is 17.1 Å². The van der Waals surface area contributed by atoms with Crippen molar-refractivity contribution in [3.05, 3.63) is 29.6 Å². The van der Waals surface area contributed by atoms with Crippen LogP contribution >= 0.6 is 0 Å². The fourth-order valence-corrected chi connectivity index (χ4v) is 1.08. The summed E-state index contributed by atoms with van der Waals surface area (Å²) < 4.78 is 17.8. The molecule has 1 amide bonds. The molecule has 0 heterocycles. The minimum absolute atomic E-state index is 0.0598. The van der Waals surface area contributed by atoms with E-state index in [1.54, 1.807) is 13.0 Å². The maximum Gasteiger partial charge on any atom is 0.250 e. The van der Waals surface area contributed by atoms with Gasteiger partial charge in [-0.1, -0.05) is 0 Å². The molecule has 0 unspecified atom stereocenters. The topological polar surface area (TPSA) is 62.1 Å². The molecule has 16 heavy (non-hydrogen) atoms. The van der Waals surface area contributed by atoms with E-state index in [4.69, 9.17) is 10.00 Å². The molecule has 0 atom stereocenters. The Kier molecular flexibility index (Phi) is 4.42. The average Bonchev–Trinajstić information content (AvgIpc) is 2.29. The molecule has 0 spiro atoms. The van der Waals surface area contributed by atoms with Gasteiger partial charge in [0, 0.05) is 12.3 Å². The van der Waals surface area contributed by atoms with Crippen LogP contribution in [0.2, 0.25) is 0 Å². The van der Waals surface area contributed by atoms with E-state index in [2.05, 4.69) is 5.32 Å². The lowest BCUT2D eigenvalue weighted by Crippen LogP contribution is -2.18. The number of nitrogens with one attached hydrogen (secondary N) is 1. The fraction of sp³-hybridized carbons (Fsp3) is 0.273. The third-order valence-electron chi connectivity index (χ3n) is 1.81. The Hall–Kier alpha value is -1.93. The van der Waals surface area contributed by atoms with E-state index in [1.807, 2.05) is 0 Å². The number of carbonyl (C=O) groups is 1. The highest BCUT2D eigenvalue weighted by Gasteiger charge is 2.05. The zero-order valence-corrected chi connectivity index (χ0v) is 8.79. The number of hydrogen-bond donors (Lipinski definition) is 1. The second kappa shape index (κ2) is 5.83. The number of halogens is 1. The minimum atomic E-state index is -0.606. The van der Waals surface area contributed by atoms with Gasteiger partial charge in [0.05, 0.1) is 5.56 Å². The summed E-state index contributed by atoms with van der Waals surface area (Å²) >= 11 is 0. The molecule has 0 radical (unpaired) electrons. The number of nitriles is 1. The molecular formula is C11H11FN2O2. The van der Waals surface area contributed by atoms with Crippen molar-refractivity contribution in [1.29, 1.82) is 5.26 Å². The van der Waals surface area contributed by atoms with E-state index in [9.17, 15) is 9.18 Å². The van der Waals surface area contributed by atoms with E-state index in [-0.39, 0.29) is 18.1 Å². The maximum atomic E-state index is 13.0. The first-order valence-electron chi connectivity index (χ1n) is 4.74. The van der Waals surface area contributed by atoms with Crippen LogP contribution < -0.4 is 5.32 Å². The first kappa shape index (κ1) is 12.1. The molecule has 5 heteroatoms. The van der Waals surface area contributed by atoms with E-state index in [0.717, 1.165) is 6.07 Å². The van der Waals surface area contributed by atoms with Crippen LogP contribution in [0.3, 0.4) is 0 Å². The predicted octanol–water partition coefficient (Wildman–Crippen LogP) is 1.67. The summed E-state index contributed by atoms with van der Waals surface area (Å²) in [5, 5.41) is 11.1. The van der Waals surface area contributed by atoms with E-state index in [0.29, 0.717) is 12.3 Å². The highest BCUT2D eigenvalue weighted by Crippen LogP contribution is 2.13. The Morgan fingerprint density at radius 1 is 1.62 bits per heavy atom. The SMILES string of the molecule is CCOCC(=O)Nc1ccc(F)c(C#N)c1. The summed E-state index contributed by atoms with van der Waals surface area (Å²) in [4.78, 5) is 11.2. The smallest absolute Gasteiger partial charge is 0.250 e. The van der Waals surface area contributed by atoms with Gasteiger partial charge < -0.3 is 10.1 Å². The number of rotatable bonds is 4. The lowest BCUT2D eigenvalue weighted by molar-refractivity contribution is -0.120. The van der Waals surface area contributed by atoms with Crippen LogP contribution in [0.5, 0.6) is 0 Å². The first-order chi connectivity index (χ1) is 7.67. The lowest BCUT2D eigenvalue weighted by Gasteiger charge is -2.05. The number of hydrogen-bond acceptors (Lipinski definition) is 3. The number of benzene rings is 1. The van der Waals surface area contributed by atoms with Crippen LogP contribution in [0.15, 0.2) is 18.2 Å². The van der Waals surface area contributed by atoms with Crippen molar-refractivity contribution in [1.82, 2.24) is 0 Å².